The number of hydrogen-bond donors (Lipinski definition) is 4. The van der Waals surface area contributed by atoms with Gasteiger partial charge in [-0.05, 0) is 30.0 Å². The van der Waals surface area contributed by atoms with Gasteiger partial charge in [-0.1, -0.05) is 13.8 Å². The van der Waals surface area contributed by atoms with E-state index < -0.39 is 18.0 Å². The highest BCUT2D eigenvalue weighted by molar-refractivity contribution is 5.98. The highest BCUT2D eigenvalue weighted by atomic mass is 16.4. The Balaban J connectivity index is 2.13. The molecule has 0 heterocycles. The lowest BCUT2D eigenvalue weighted by Gasteiger charge is -2.10. The molecule has 0 bridgehead atoms. The number of carbonyl (C=O) groups is 3. The maximum atomic E-state index is 11.8. The van der Waals surface area contributed by atoms with Gasteiger partial charge in [0, 0.05) is 11.7 Å². The van der Waals surface area contributed by atoms with E-state index in [1.54, 1.807) is 0 Å². The van der Waals surface area contributed by atoms with E-state index in [1.165, 1.54) is 12.1 Å². The average molecular weight is 292 g/mol. The van der Waals surface area contributed by atoms with Crippen LogP contribution in [0.5, 0.6) is 0 Å². The number of nitrogens with one attached hydrogen (secondary N) is 2. The van der Waals surface area contributed by atoms with Crippen LogP contribution in [0.2, 0.25) is 0 Å². The predicted molar refractivity (Wildman–Crippen MR) is 74.7 cm³/mol. The summed E-state index contributed by atoms with van der Waals surface area (Å²) < 4.78 is 0. The first-order valence-electron chi connectivity index (χ1n) is 6.38. The van der Waals surface area contributed by atoms with Crippen molar-refractivity contribution in [2.45, 2.75) is 26.3 Å². The second-order valence-electron chi connectivity index (χ2n) is 5.75. The van der Waals surface area contributed by atoms with Gasteiger partial charge >= 0.3 is 18.0 Å². The van der Waals surface area contributed by atoms with Crippen LogP contribution in [0.3, 0.4) is 0 Å². The lowest BCUT2D eigenvalue weighted by Crippen LogP contribution is -2.32. The van der Waals surface area contributed by atoms with Crippen LogP contribution in [0.15, 0.2) is 18.2 Å². The standard InChI is InChI=1S/C14H16N2O5/c1-14(2)6-10(14)16-13(21)15-9-4-7(11(17)18)3-8(5-9)12(19)20/h3-5,10H,6H2,1-2H3,(H,17,18)(H,19,20)(H2,15,16,21). The lowest BCUT2D eigenvalue weighted by atomic mass is 10.1. The molecule has 4 N–H and O–H groups in total. The van der Waals surface area contributed by atoms with Crippen molar-refractivity contribution in [3.05, 3.63) is 29.3 Å². The fraction of sp³-hybridized carbons (Fsp3) is 0.357. The number of carbonyl (C=O) groups excluding carboxylic acids is 1. The van der Waals surface area contributed by atoms with Crippen LogP contribution >= 0.6 is 0 Å². The Morgan fingerprint density at radius 2 is 1.57 bits per heavy atom. The maximum absolute atomic E-state index is 11.8. The number of carboxylic acids is 2. The molecule has 112 valence electrons. The van der Waals surface area contributed by atoms with E-state index in [0.29, 0.717) is 0 Å². The zero-order chi connectivity index (χ0) is 15.8. The molecule has 1 atom stereocenters. The van der Waals surface area contributed by atoms with Gasteiger partial charge in [0.1, 0.15) is 0 Å². The SMILES string of the molecule is CC1(C)CC1NC(=O)Nc1cc(C(=O)O)cc(C(=O)O)c1. The molecule has 7 nitrogen and oxygen atoms in total. The zero-order valence-corrected chi connectivity index (χ0v) is 11.6. The topological polar surface area (TPSA) is 116 Å². The summed E-state index contributed by atoms with van der Waals surface area (Å²) in [6.45, 7) is 4.04. The van der Waals surface area contributed by atoms with E-state index in [-0.39, 0.29) is 28.3 Å². The number of aromatic carboxylic acids is 2. The smallest absolute Gasteiger partial charge is 0.335 e. The Kier molecular flexibility index (Phi) is 3.59. The van der Waals surface area contributed by atoms with E-state index in [4.69, 9.17) is 10.2 Å². The number of hydrogen-bond acceptors (Lipinski definition) is 3. The van der Waals surface area contributed by atoms with Gasteiger partial charge in [0.25, 0.3) is 0 Å². The average Bonchev–Trinajstić information content (AvgIpc) is 2.95. The Morgan fingerprint density at radius 1 is 1.10 bits per heavy atom. The molecule has 7 heteroatoms. The van der Waals surface area contributed by atoms with Gasteiger partial charge < -0.3 is 20.8 Å². The molecule has 1 aromatic carbocycles. The van der Waals surface area contributed by atoms with E-state index >= 15 is 0 Å². The largest absolute Gasteiger partial charge is 0.478 e. The Labute approximate surface area is 121 Å². The van der Waals surface area contributed by atoms with Crippen molar-refractivity contribution < 1.29 is 24.6 Å². The third-order valence-corrected chi connectivity index (χ3v) is 3.50. The summed E-state index contributed by atoms with van der Waals surface area (Å²) in [5.41, 5.74) is -0.205. The third-order valence-electron chi connectivity index (χ3n) is 3.50. The summed E-state index contributed by atoms with van der Waals surface area (Å²) in [7, 11) is 0. The van der Waals surface area contributed by atoms with E-state index in [2.05, 4.69) is 10.6 Å². The monoisotopic (exact) mass is 292 g/mol. The minimum atomic E-state index is -1.26. The Hall–Kier alpha value is -2.57. The van der Waals surface area contributed by atoms with Gasteiger partial charge in [-0.15, -0.1) is 0 Å². The van der Waals surface area contributed by atoms with E-state index in [9.17, 15) is 14.4 Å². The predicted octanol–water partition coefficient (Wildman–Crippen LogP) is 2.00. The molecule has 1 aliphatic carbocycles. The molecule has 0 spiro atoms. The normalized spacial score (nSPS) is 18.7. The molecule has 0 aromatic heterocycles. The molecular weight excluding hydrogens is 276 g/mol. The molecule has 1 unspecified atom stereocenters. The fourth-order valence-corrected chi connectivity index (χ4v) is 1.99. The second-order valence-corrected chi connectivity index (χ2v) is 5.75. The third kappa shape index (κ3) is 3.50. The highest BCUT2D eigenvalue weighted by Crippen LogP contribution is 2.44. The minimum absolute atomic E-state index is 0.0620. The molecule has 2 amide bonds. The second kappa shape index (κ2) is 5.08. The molecule has 1 saturated carbocycles. The van der Waals surface area contributed by atoms with Crippen LogP contribution in [-0.2, 0) is 0 Å². The number of amides is 2. The Bertz CT molecular complexity index is 592. The lowest BCUT2D eigenvalue weighted by molar-refractivity contribution is 0.0696. The van der Waals surface area contributed by atoms with Crippen LogP contribution < -0.4 is 10.6 Å². The summed E-state index contributed by atoms with van der Waals surface area (Å²) in [6, 6.07) is 3.06. The summed E-state index contributed by atoms with van der Waals surface area (Å²) in [5.74, 6) is -2.52. The number of benzene rings is 1. The van der Waals surface area contributed by atoms with Gasteiger partial charge in [-0.3, -0.25) is 0 Å². The number of rotatable bonds is 4. The Morgan fingerprint density at radius 3 is 1.95 bits per heavy atom. The van der Waals surface area contributed by atoms with Gasteiger partial charge in [-0.25, -0.2) is 14.4 Å². The molecule has 1 aromatic rings. The van der Waals surface area contributed by atoms with Gasteiger partial charge in [0.05, 0.1) is 11.1 Å². The van der Waals surface area contributed by atoms with E-state index in [0.717, 1.165) is 12.5 Å². The van der Waals surface area contributed by atoms with Crippen molar-refractivity contribution in [1.29, 1.82) is 0 Å². The quantitative estimate of drug-likeness (QED) is 0.677. The first-order chi connectivity index (χ1) is 9.69. The molecule has 0 saturated heterocycles. The highest BCUT2D eigenvalue weighted by Gasteiger charge is 2.46. The first-order valence-corrected chi connectivity index (χ1v) is 6.38. The maximum Gasteiger partial charge on any atom is 0.335 e. The van der Waals surface area contributed by atoms with Crippen molar-refractivity contribution >= 4 is 23.7 Å². The van der Waals surface area contributed by atoms with Gasteiger partial charge in [-0.2, -0.15) is 0 Å². The van der Waals surface area contributed by atoms with Crippen molar-refractivity contribution in [2.24, 2.45) is 5.41 Å². The first kappa shape index (κ1) is 14.8. The van der Waals surface area contributed by atoms with Crippen LogP contribution in [0.25, 0.3) is 0 Å². The van der Waals surface area contributed by atoms with Crippen molar-refractivity contribution in [3.8, 4) is 0 Å². The molecule has 0 aliphatic heterocycles. The van der Waals surface area contributed by atoms with Crippen LogP contribution in [0.4, 0.5) is 10.5 Å². The molecular formula is C14H16N2O5. The van der Waals surface area contributed by atoms with Crippen LogP contribution in [-0.4, -0.2) is 34.2 Å². The zero-order valence-electron chi connectivity index (χ0n) is 11.6. The fourth-order valence-electron chi connectivity index (χ4n) is 1.99. The summed E-state index contributed by atoms with van der Waals surface area (Å²) >= 11 is 0. The summed E-state index contributed by atoms with van der Waals surface area (Å²) in [6.07, 6.45) is 0.871. The van der Waals surface area contributed by atoms with Crippen molar-refractivity contribution in [1.82, 2.24) is 5.32 Å². The van der Waals surface area contributed by atoms with Gasteiger partial charge in [0.2, 0.25) is 0 Å². The molecule has 1 fully saturated rings. The van der Waals surface area contributed by atoms with Gasteiger partial charge in [0.15, 0.2) is 0 Å². The van der Waals surface area contributed by atoms with Crippen LogP contribution in [0.1, 0.15) is 41.0 Å². The molecule has 0 radical (unpaired) electrons. The number of urea groups is 1. The summed E-state index contributed by atoms with van der Waals surface area (Å²) in [4.78, 5) is 33.7. The number of carboxylic acid groups (broad SMARTS) is 2. The number of anilines is 1. The summed E-state index contributed by atoms with van der Waals surface area (Å²) in [5, 5.41) is 23.1. The molecule has 21 heavy (non-hydrogen) atoms. The molecule has 2 rings (SSSR count). The minimum Gasteiger partial charge on any atom is -0.478 e. The van der Waals surface area contributed by atoms with Crippen molar-refractivity contribution in [3.63, 3.8) is 0 Å². The molecule has 1 aliphatic rings. The van der Waals surface area contributed by atoms with E-state index in [1.807, 2.05) is 13.8 Å². The van der Waals surface area contributed by atoms with Crippen LogP contribution in [0, 0.1) is 5.41 Å². The van der Waals surface area contributed by atoms with Crippen molar-refractivity contribution in [2.75, 3.05) is 5.32 Å².